The van der Waals surface area contributed by atoms with Crippen molar-refractivity contribution in [1.82, 2.24) is 20.3 Å². The molecule has 0 unspecified atom stereocenters. The van der Waals surface area contributed by atoms with Gasteiger partial charge in [-0.2, -0.15) is 0 Å². The summed E-state index contributed by atoms with van der Waals surface area (Å²) in [5, 5.41) is 6.27. The number of thiophene rings is 1. The molecular weight excluding hydrogens is 322 g/mol. The van der Waals surface area contributed by atoms with Crippen molar-refractivity contribution in [3.05, 3.63) is 47.9 Å². The van der Waals surface area contributed by atoms with Gasteiger partial charge >= 0.3 is 0 Å². The number of carbonyl (C=O) groups is 1. The molecule has 0 atom stereocenters. The molecule has 6 nitrogen and oxygen atoms in total. The molecule has 0 saturated carbocycles. The average Bonchev–Trinajstić information content (AvgIpc) is 3.12. The van der Waals surface area contributed by atoms with Crippen LogP contribution in [-0.2, 0) is 0 Å². The minimum Gasteiger partial charge on any atom is -0.356 e. The smallest absolute Gasteiger partial charge is 0.251 e. The van der Waals surface area contributed by atoms with Crippen molar-refractivity contribution in [2.45, 2.75) is 18.9 Å². The second kappa shape index (κ2) is 6.52. The van der Waals surface area contributed by atoms with Gasteiger partial charge in [0, 0.05) is 37.1 Å². The number of amides is 1. The molecule has 0 spiro atoms. The maximum Gasteiger partial charge on any atom is 0.251 e. The maximum atomic E-state index is 12.2. The van der Waals surface area contributed by atoms with Crippen LogP contribution in [0.1, 0.15) is 23.2 Å². The molecule has 3 aromatic heterocycles. The Kier molecular flexibility index (Phi) is 4.08. The molecule has 1 saturated heterocycles. The molecule has 1 fully saturated rings. The predicted molar refractivity (Wildman–Crippen MR) is 94.4 cm³/mol. The van der Waals surface area contributed by atoms with E-state index in [1.54, 1.807) is 42.2 Å². The van der Waals surface area contributed by atoms with E-state index in [4.69, 9.17) is 0 Å². The summed E-state index contributed by atoms with van der Waals surface area (Å²) in [6.07, 6.45) is 6.72. The van der Waals surface area contributed by atoms with Gasteiger partial charge in [0.2, 0.25) is 0 Å². The first-order valence-corrected chi connectivity index (χ1v) is 8.83. The molecule has 0 aromatic carbocycles. The normalized spacial score (nSPS) is 15.6. The van der Waals surface area contributed by atoms with E-state index >= 15 is 0 Å². The lowest BCUT2D eigenvalue weighted by molar-refractivity contribution is 0.0931. The number of rotatable bonds is 3. The van der Waals surface area contributed by atoms with E-state index in [0.717, 1.165) is 42.0 Å². The Bertz CT molecular complexity index is 842. The average molecular weight is 339 g/mol. The van der Waals surface area contributed by atoms with E-state index in [-0.39, 0.29) is 11.9 Å². The molecule has 0 bridgehead atoms. The van der Waals surface area contributed by atoms with Crippen molar-refractivity contribution in [2.24, 2.45) is 0 Å². The van der Waals surface area contributed by atoms with E-state index in [2.05, 4.69) is 31.2 Å². The number of carbonyl (C=O) groups excluding carboxylic acids is 1. The molecule has 4 rings (SSSR count). The molecule has 0 radical (unpaired) electrons. The lowest BCUT2D eigenvalue weighted by atomic mass is 10.0. The Morgan fingerprint density at radius 3 is 2.75 bits per heavy atom. The first kappa shape index (κ1) is 15.0. The van der Waals surface area contributed by atoms with Gasteiger partial charge in [-0.15, -0.1) is 11.3 Å². The van der Waals surface area contributed by atoms with Crippen molar-refractivity contribution in [2.75, 3.05) is 18.0 Å². The highest BCUT2D eigenvalue weighted by molar-refractivity contribution is 7.16. The lowest BCUT2D eigenvalue weighted by Crippen LogP contribution is -2.45. The number of pyridine rings is 1. The van der Waals surface area contributed by atoms with Gasteiger partial charge in [-0.3, -0.25) is 9.78 Å². The third-order valence-corrected chi connectivity index (χ3v) is 5.13. The summed E-state index contributed by atoms with van der Waals surface area (Å²) in [5.74, 6) is 0.971. The number of hydrogen-bond donors (Lipinski definition) is 1. The van der Waals surface area contributed by atoms with Crippen LogP contribution in [0.2, 0.25) is 0 Å². The molecule has 3 aromatic rings. The summed E-state index contributed by atoms with van der Waals surface area (Å²) in [7, 11) is 0. The predicted octanol–water partition coefficient (Wildman–Crippen LogP) is 2.49. The van der Waals surface area contributed by atoms with E-state index in [0.29, 0.717) is 5.56 Å². The highest BCUT2D eigenvalue weighted by atomic mass is 32.1. The fraction of sp³-hybridized carbons (Fsp3) is 0.294. The quantitative estimate of drug-likeness (QED) is 0.794. The van der Waals surface area contributed by atoms with Gasteiger partial charge in [0.25, 0.3) is 5.91 Å². The number of nitrogens with one attached hydrogen (secondary N) is 1. The summed E-state index contributed by atoms with van der Waals surface area (Å²) in [5.41, 5.74) is 0.656. The van der Waals surface area contributed by atoms with Crippen molar-refractivity contribution in [1.29, 1.82) is 0 Å². The number of piperidine rings is 1. The van der Waals surface area contributed by atoms with Gasteiger partial charge in [0.1, 0.15) is 17.0 Å². The standard InChI is InChI=1S/C17H17N5OS/c23-16(12-1-6-18-7-2-12)21-13-3-8-22(9-4-13)15-14-5-10-24-17(14)20-11-19-15/h1-2,5-7,10-11,13H,3-4,8-9H2,(H,21,23). The van der Waals surface area contributed by atoms with Gasteiger partial charge < -0.3 is 10.2 Å². The number of anilines is 1. The van der Waals surface area contributed by atoms with Crippen LogP contribution in [0.25, 0.3) is 10.2 Å². The van der Waals surface area contributed by atoms with Crippen molar-refractivity contribution >= 4 is 33.3 Å². The summed E-state index contributed by atoms with van der Waals surface area (Å²) >= 11 is 1.63. The molecule has 1 aliphatic rings. The Morgan fingerprint density at radius 2 is 1.96 bits per heavy atom. The summed E-state index contributed by atoms with van der Waals surface area (Å²) in [4.78, 5) is 28.2. The Morgan fingerprint density at radius 1 is 1.17 bits per heavy atom. The van der Waals surface area contributed by atoms with E-state index < -0.39 is 0 Å². The zero-order valence-corrected chi connectivity index (χ0v) is 13.9. The molecule has 122 valence electrons. The van der Waals surface area contributed by atoms with Crippen molar-refractivity contribution in [3.63, 3.8) is 0 Å². The van der Waals surface area contributed by atoms with Gasteiger partial charge in [0.05, 0.1) is 5.39 Å². The number of hydrogen-bond acceptors (Lipinski definition) is 6. The molecule has 7 heteroatoms. The van der Waals surface area contributed by atoms with E-state index in [9.17, 15) is 4.79 Å². The zero-order chi connectivity index (χ0) is 16.4. The van der Waals surface area contributed by atoms with Gasteiger partial charge in [-0.05, 0) is 36.4 Å². The maximum absolute atomic E-state index is 12.2. The molecule has 0 aliphatic carbocycles. The fourth-order valence-corrected chi connectivity index (χ4v) is 3.76. The van der Waals surface area contributed by atoms with Crippen molar-refractivity contribution in [3.8, 4) is 0 Å². The number of nitrogens with zero attached hydrogens (tertiary/aromatic N) is 4. The van der Waals surface area contributed by atoms with E-state index in [1.807, 2.05) is 5.38 Å². The number of fused-ring (bicyclic) bond motifs is 1. The fourth-order valence-electron chi connectivity index (χ4n) is 3.04. The summed E-state index contributed by atoms with van der Waals surface area (Å²) in [6, 6.07) is 5.74. The van der Waals surface area contributed by atoms with Crippen LogP contribution in [-0.4, -0.2) is 40.0 Å². The SMILES string of the molecule is O=C(NC1CCN(c2ncnc3sccc23)CC1)c1ccncc1. The first-order valence-electron chi connectivity index (χ1n) is 7.95. The van der Waals surface area contributed by atoms with Crippen LogP contribution in [0.3, 0.4) is 0 Å². The molecule has 24 heavy (non-hydrogen) atoms. The molecule has 1 aliphatic heterocycles. The van der Waals surface area contributed by atoms with Crippen LogP contribution in [0, 0.1) is 0 Å². The van der Waals surface area contributed by atoms with Crippen LogP contribution < -0.4 is 10.2 Å². The second-order valence-electron chi connectivity index (χ2n) is 5.81. The van der Waals surface area contributed by atoms with Crippen LogP contribution >= 0.6 is 11.3 Å². The summed E-state index contributed by atoms with van der Waals surface area (Å²) < 4.78 is 0. The lowest BCUT2D eigenvalue weighted by Gasteiger charge is -2.33. The van der Waals surface area contributed by atoms with E-state index in [1.165, 1.54) is 0 Å². The highest BCUT2D eigenvalue weighted by Gasteiger charge is 2.23. The second-order valence-corrected chi connectivity index (χ2v) is 6.70. The third kappa shape index (κ3) is 2.94. The monoisotopic (exact) mass is 339 g/mol. The molecule has 4 heterocycles. The first-order chi connectivity index (χ1) is 11.8. The minimum absolute atomic E-state index is 0.0295. The van der Waals surface area contributed by atoms with Gasteiger partial charge in [-0.1, -0.05) is 0 Å². The number of aromatic nitrogens is 3. The van der Waals surface area contributed by atoms with Crippen molar-refractivity contribution < 1.29 is 4.79 Å². The minimum atomic E-state index is -0.0295. The van der Waals surface area contributed by atoms with Crippen LogP contribution in [0.4, 0.5) is 5.82 Å². The van der Waals surface area contributed by atoms with Crippen LogP contribution in [0.15, 0.2) is 42.3 Å². The molecule has 1 N–H and O–H groups in total. The Labute approximate surface area is 143 Å². The van der Waals surface area contributed by atoms with Gasteiger partial charge in [-0.25, -0.2) is 9.97 Å². The highest BCUT2D eigenvalue weighted by Crippen LogP contribution is 2.28. The topological polar surface area (TPSA) is 71.0 Å². The van der Waals surface area contributed by atoms with Gasteiger partial charge in [0.15, 0.2) is 0 Å². The zero-order valence-electron chi connectivity index (χ0n) is 13.1. The molecular formula is C17H17N5OS. The van der Waals surface area contributed by atoms with Crippen LogP contribution in [0.5, 0.6) is 0 Å². The Hall–Kier alpha value is -2.54. The molecule has 1 amide bonds. The third-order valence-electron chi connectivity index (χ3n) is 4.31. The Balaban J connectivity index is 1.40. The summed E-state index contributed by atoms with van der Waals surface area (Å²) in [6.45, 7) is 1.76. The largest absolute Gasteiger partial charge is 0.356 e.